The molecule has 0 bridgehead atoms. The highest BCUT2D eigenvalue weighted by molar-refractivity contribution is 8.01. The molecule has 0 unspecified atom stereocenters. The van der Waals surface area contributed by atoms with Crippen LogP contribution in [0.2, 0.25) is 0 Å². The largest absolute Gasteiger partial charge is 0.436 e. The van der Waals surface area contributed by atoms with Crippen LogP contribution in [0.15, 0.2) is 19.9 Å². The fraction of sp³-hybridized carbons (Fsp3) is 0.364. The molecule has 2 aromatic heterocycles. The number of rotatable bonds is 4. The number of oxazole rings is 1. The van der Waals surface area contributed by atoms with E-state index in [1.807, 2.05) is 6.92 Å². The number of thiophene rings is 1. The fourth-order valence-electron chi connectivity index (χ4n) is 1.35. The summed E-state index contributed by atoms with van der Waals surface area (Å²) in [6.45, 7) is 5.17. The third-order valence-corrected chi connectivity index (χ3v) is 4.83. The molecular weight excluding hydrogens is 288 g/mol. The van der Waals surface area contributed by atoms with Gasteiger partial charge in [0.2, 0.25) is 0 Å². The van der Waals surface area contributed by atoms with Crippen LogP contribution in [0.5, 0.6) is 0 Å². The number of aromatic nitrogens is 1. The summed E-state index contributed by atoms with van der Waals surface area (Å²) in [4.78, 5) is 15.2. The predicted octanol–water partition coefficient (Wildman–Crippen LogP) is 3.47. The number of aliphatic hydroxyl groups is 1. The van der Waals surface area contributed by atoms with Gasteiger partial charge in [0.25, 0.3) is 10.9 Å². The van der Waals surface area contributed by atoms with Crippen molar-refractivity contribution in [3.8, 4) is 0 Å². The lowest BCUT2D eigenvalue weighted by molar-refractivity contribution is -0.387. The van der Waals surface area contributed by atoms with E-state index in [1.54, 1.807) is 13.8 Å². The first kappa shape index (κ1) is 14.0. The average molecular weight is 300 g/mol. The van der Waals surface area contributed by atoms with E-state index in [-0.39, 0.29) is 5.69 Å². The number of nitrogens with zero attached hydrogens (tertiary/aromatic N) is 2. The lowest BCUT2D eigenvalue weighted by Gasteiger charge is -1.95. The SMILES string of the molecule is Cc1nc(Sc2sc([C@H](C)O)cc2[N+](=O)[O-])oc1C. The van der Waals surface area contributed by atoms with Gasteiger partial charge >= 0.3 is 0 Å². The van der Waals surface area contributed by atoms with Crippen molar-refractivity contribution in [1.82, 2.24) is 4.98 Å². The van der Waals surface area contributed by atoms with Crippen molar-refractivity contribution in [3.63, 3.8) is 0 Å². The molecule has 0 fully saturated rings. The Bertz CT molecular complexity index is 599. The minimum absolute atomic E-state index is 0.0283. The number of nitro groups is 1. The van der Waals surface area contributed by atoms with Gasteiger partial charge in [-0.3, -0.25) is 10.1 Å². The van der Waals surface area contributed by atoms with E-state index in [9.17, 15) is 15.2 Å². The smallest absolute Gasteiger partial charge is 0.294 e. The standard InChI is InChI=1S/C11H12N2O4S2/c1-5-7(3)17-11(12-5)19-10-8(13(15)16)4-9(18-10)6(2)14/h4,6,14H,1-3H3/t6-/m0/s1. The van der Waals surface area contributed by atoms with Crippen molar-refractivity contribution in [1.29, 1.82) is 0 Å². The predicted molar refractivity (Wildman–Crippen MR) is 71.7 cm³/mol. The molecule has 8 heteroatoms. The minimum atomic E-state index is -0.730. The highest BCUT2D eigenvalue weighted by Crippen LogP contribution is 2.42. The first-order valence-electron chi connectivity index (χ1n) is 5.46. The summed E-state index contributed by atoms with van der Waals surface area (Å²) in [7, 11) is 0. The van der Waals surface area contributed by atoms with Crippen LogP contribution in [0.3, 0.4) is 0 Å². The first-order chi connectivity index (χ1) is 8.88. The van der Waals surface area contributed by atoms with Crippen LogP contribution >= 0.6 is 23.1 Å². The maximum absolute atomic E-state index is 11.0. The summed E-state index contributed by atoms with van der Waals surface area (Å²) >= 11 is 2.28. The first-order valence-corrected chi connectivity index (χ1v) is 7.10. The van der Waals surface area contributed by atoms with Crippen LogP contribution in [-0.4, -0.2) is 15.0 Å². The van der Waals surface area contributed by atoms with Gasteiger partial charge in [-0.25, -0.2) is 4.98 Å². The molecule has 2 heterocycles. The lowest BCUT2D eigenvalue weighted by atomic mass is 10.3. The second-order valence-corrected chi connectivity index (χ2v) is 6.28. The summed E-state index contributed by atoms with van der Waals surface area (Å²) in [5.41, 5.74) is 0.733. The Kier molecular flexibility index (Phi) is 3.93. The van der Waals surface area contributed by atoms with E-state index >= 15 is 0 Å². The van der Waals surface area contributed by atoms with Crippen LogP contribution in [0.4, 0.5) is 5.69 Å². The van der Waals surface area contributed by atoms with Crippen molar-refractivity contribution >= 4 is 28.8 Å². The Hall–Kier alpha value is -1.38. The molecule has 0 aliphatic carbocycles. The molecule has 19 heavy (non-hydrogen) atoms. The van der Waals surface area contributed by atoms with Gasteiger partial charge in [0.15, 0.2) is 0 Å². The Morgan fingerprint density at radius 2 is 2.26 bits per heavy atom. The number of aryl methyl sites for hydroxylation is 2. The number of aliphatic hydroxyl groups excluding tert-OH is 1. The van der Waals surface area contributed by atoms with Gasteiger partial charge in [-0.1, -0.05) is 0 Å². The average Bonchev–Trinajstić information content (AvgIpc) is 2.84. The summed E-state index contributed by atoms with van der Waals surface area (Å²) in [5, 5.41) is 20.9. The Morgan fingerprint density at radius 1 is 1.58 bits per heavy atom. The van der Waals surface area contributed by atoms with Crippen molar-refractivity contribution in [3.05, 3.63) is 32.5 Å². The maximum atomic E-state index is 11.0. The third-order valence-electron chi connectivity index (χ3n) is 2.50. The van der Waals surface area contributed by atoms with Gasteiger partial charge < -0.3 is 9.52 Å². The summed E-state index contributed by atoms with van der Waals surface area (Å²) in [6.07, 6.45) is -0.730. The van der Waals surface area contributed by atoms with Crippen molar-refractivity contribution < 1.29 is 14.4 Å². The molecule has 0 saturated heterocycles. The molecule has 6 nitrogen and oxygen atoms in total. The van der Waals surface area contributed by atoms with Crippen molar-refractivity contribution in [2.24, 2.45) is 0 Å². The molecule has 0 radical (unpaired) electrons. The molecule has 0 aliphatic rings. The van der Waals surface area contributed by atoms with Gasteiger partial charge in [0.05, 0.1) is 16.7 Å². The second kappa shape index (κ2) is 5.32. The van der Waals surface area contributed by atoms with Gasteiger partial charge in [0.1, 0.15) is 9.97 Å². The van der Waals surface area contributed by atoms with Gasteiger partial charge in [-0.05, 0) is 32.5 Å². The fourth-order valence-corrected chi connectivity index (χ4v) is 3.56. The van der Waals surface area contributed by atoms with Gasteiger partial charge in [-0.2, -0.15) is 0 Å². The normalized spacial score (nSPS) is 12.6. The molecule has 2 rings (SSSR count). The molecule has 0 spiro atoms. The maximum Gasteiger partial charge on any atom is 0.294 e. The van der Waals surface area contributed by atoms with Crippen LogP contribution in [0.1, 0.15) is 29.4 Å². The molecule has 1 N–H and O–H groups in total. The molecule has 2 aromatic rings. The lowest BCUT2D eigenvalue weighted by Crippen LogP contribution is -1.87. The van der Waals surface area contributed by atoms with E-state index < -0.39 is 11.0 Å². The number of hydrogen-bond donors (Lipinski definition) is 1. The van der Waals surface area contributed by atoms with E-state index in [2.05, 4.69) is 4.98 Å². The molecule has 1 atom stereocenters. The Morgan fingerprint density at radius 3 is 2.74 bits per heavy atom. The third kappa shape index (κ3) is 2.96. The second-order valence-electron chi connectivity index (χ2n) is 3.98. The quantitative estimate of drug-likeness (QED) is 0.687. The minimum Gasteiger partial charge on any atom is -0.436 e. The van der Waals surface area contributed by atoms with E-state index in [1.165, 1.54) is 17.4 Å². The zero-order valence-corrected chi connectivity index (χ0v) is 12.2. The zero-order chi connectivity index (χ0) is 14.2. The van der Waals surface area contributed by atoms with Crippen molar-refractivity contribution in [2.75, 3.05) is 0 Å². The van der Waals surface area contributed by atoms with Gasteiger partial charge in [0, 0.05) is 10.9 Å². The Balaban J connectivity index is 2.35. The Labute approximate surface area is 117 Å². The van der Waals surface area contributed by atoms with E-state index in [0.717, 1.165) is 17.5 Å². The zero-order valence-electron chi connectivity index (χ0n) is 10.5. The van der Waals surface area contributed by atoms with Crippen LogP contribution in [-0.2, 0) is 0 Å². The summed E-state index contributed by atoms with van der Waals surface area (Å²) in [6, 6.07) is 1.39. The topological polar surface area (TPSA) is 89.4 Å². The molecule has 0 aliphatic heterocycles. The summed E-state index contributed by atoms with van der Waals surface area (Å²) in [5.74, 6) is 0.692. The summed E-state index contributed by atoms with van der Waals surface area (Å²) < 4.78 is 5.86. The molecule has 0 aromatic carbocycles. The monoisotopic (exact) mass is 300 g/mol. The van der Waals surface area contributed by atoms with E-state index in [4.69, 9.17) is 4.42 Å². The number of hydrogen-bond acceptors (Lipinski definition) is 7. The van der Waals surface area contributed by atoms with Gasteiger partial charge in [-0.15, -0.1) is 11.3 Å². The van der Waals surface area contributed by atoms with Crippen LogP contribution < -0.4 is 0 Å². The van der Waals surface area contributed by atoms with Crippen LogP contribution in [0.25, 0.3) is 0 Å². The molecular formula is C11H12N2O4S2. The van der Waals surface area contributed by atoms with Crippen LogP contribution in [0, 0.1) is 24.0 Å². The molecule has 0 saturated carbocycles. The van der Waals surface area contributed by atoms with Crippen molar-refractivity contribution in [2.45, 2.75) is 36.3 Å². The highest BCUT2D eigenvalue weighted by atomic mass is 32.2. The van der Waals surface area contributed by atoms with E-state index in [0.29, 0.717) is 20.1 Å². The highest BCUT2D eigenvalue weighted by Gasteiger charge is 2.23. The molecule has 102 valence electrons. The molecule has 0 amide bonds.